The highest BCUT2D eigenvalue weighted by Gasteiger charge is 2.01. The Morgan fingerprint density at radius 1 is 1.75 bits per heavy atom. The van der Waals surface area contributed by atoms with E-state index in [0.717, 1.165) is 0 Å². The lowest BCUT2D eigenvalue weighted by molar-refractivity contribution is 0.224. The minimum Gasteiger partial charge on any atom is -0.395 e. The molecule has 0 amide bonds. The molecule has 0 saturated heterocycles. The van der Waals surface area contributed by atoms with E-state index in [1.807, 2.05) is 6.07 Å². The molecule has 0 unspecified atom stereocenters. The van der Waals surface area contributed by atoms with Gasteiger partial charge in [0, 0.05) is 23.9 Å². The van der Waals surface area contributed by atoms with Gasteiger partial charge in [-0.15, -0.1) is 0 Å². The van der Waals surface area contributed by atoms with Crippen molar-refractivity contribution in [1.82, 2.24) is 4.98 Å². The van der Waals surface area contributed by atoms with Crippen LogP contribution >= 0.6 is 11.6 Å². The largest absolute Gasteiger partial charge is 0.410 e. The fourth-order valence-corrected chi connectivity index (χ4v) is 0.696. The zero-order valence-electron chi connectivity index (χ0n) is 5.82. The van der Waals surface area contributed by atoms with Gasteiger partial charge in [-0.3, -0.25) is 0 Å². The second kappa shape index (κ2) is 3.69. The maximum atomic E-state index is 10.2. The molecule has 0 radical (unpaired) electrons. The van der Waals surface area contributed by atoms with Gasteiger partial charge >= 0.3 is 5.43 Å². The molecule has 1 rings (SSSR count). The van der Waals surface area contributed by atoms with Crippen molar-refractivity contribution in [2.45, 2.75) is 0 Å². The molecule has 1 aromatic rings. The number of carbonyl (C=O) groups is 1. The summed E-state index contributed by atoms with van der Waals surface area (Å²) in [6.45, 7) is 0. The standard InChI is InChI=1S/C7H3ClN2O2/c8-7(11)12-6-3-5(4-9)1-2-10-6/h1-3H. The monoisotopic (exact) mass is 182 g/mol. The van der Waals surface area contributed by atoms with Crippen LogP contribution in [0.4, 0.5) is 4.79 Å². The van der Waals surface area contributed by atoms with Gasteiger partial charge in [-0.2, -0.15) is 5.26 Å². The minimum atomic E-state index is -0.974. The summed E-state index contributed by atoms with van der Waals surface area (Å²) in [6.07, 6.45) is 1.35. The van der Waals surface area contributed by atoms with Crippen molar-refractivity contribution in [1.29, 1.82) is 5.26 Å². The van der Waals surface area contributed by atoms with Crippen LogP contribution in [0.1, 0.15) is 5.56 Å². The summed E-state index contributed by atoms with van der Waals surface area (Å²) in [6, 6.07) is 4.68. The Morgan fingerprint density at radius 2 is 2.50 bits per heavy atom. The number of hydrogen-bond acceptors (Lipinski definition) is 4. The van der Waals surface area contributed by atoms with Crippen molar-refractivity contribution in [3.8, 4) is 11.9 Å². The predicted molar refractivity (Wildman–Crippen MR) is 40.8 cm³/mol. The Balaban J connectivity index is 2.88. The van der Waals surface area contributed by atoms with Crippen LogP contribution in [0.25, 0.3) is 0 Å². The van der Waals surface area contributed by atoms with E-state index in [2.05, 4.69) is 9.72 Å². The normalized spacial score (nSPS) is 8.67. The first-order valence-electron chi connectivity index (χ1n) is 2.96. The minimum absolute atomic E-state index is 0.0223. The molecule has 0 aliphatic carbocycles. The van der Waals surface area contributed by atoms with Crippen molar-refractivity contribution in [3.63, 3.8) is 0 Å². The van der Waals surface area contributed by atoms with Gasteiger partial charge in [0.2, 0.25) is 5.88 Å². The highest BCUT2D eigenvalue weighted by molar-refractivity contribution is 6.61. The molecule has 0 fully saturated rings. The van der Waals surface area contributed by atoms with E-state index in [-0.39, 0.29) is 5.88 Å². The highest BCUT2D eigenvalue weighted by Crippen LogP contribution is 2.09. The third-order valence-corrected chi connectivity index (χ3v) is 1.13. The van der Waals surface area contributed by atoms with Crippen LogP contribution < -0.4 is 4.74 Å². The molecule has 60 valence electrons. The SMILES string of the molecule is N#Cc1ccnc(OC(=O)Cl)c1. The molecular formula is C7H3ClN2O2. The molecule has 1 heterocycles. The Kier molecular flexibility index (Phi) is 2.62. The van der Waals surface area contributed by atoms with Gasteiger partial charge in [0.25, 0.3) is 0 Å². The van der Waals surface area contributed by atoms with Gasteiger partial charge in [-0.25, -0.2) is 9.78 Å². The van der Waals surface area contributed by atoms with Crippen molar-refractivity contribution < 1.29 is 9.53 Å². The summed E-state index contributed by atoms with van der Waals surface area (Å²) >= 11 is 4.92. The number of aromatic nitrogens is 1. The third kappa shape index (κ3) is 2.22. The zero-order chi connectivity index (χ0) is 8.97. The van der Waals surface area contributed by atoms with E-state index in [0.29, 0.717) is 5.56 Å². The average molecular weight is 183 g/mol. The Labute approximate surface area is 73.4 Å². The smallest absolute Gasteiger partial charge is 0.395 e. The summed E-state index contributed by atoms with van der Waals surface area (Å²) in [5.41, 5.74) is -0.615. The molecule has 0 atom stereocenters. The molecule has 0 aliphatic rings. The fraction of sp³-hybridized carbons (Fsp3) is 0. The second-order valence-corrected chi connectivity index (χ2v) is 2.14. The van der Waals surface area contributed by atoms with Crippen LogP contribution in [0, 0.1) is 11.3 Å². The number of halogens is 1. The summed E-state index contributed by atoms with van der Waals surface area (Å²) in [4.78, 5) is 13.9. The Hall–Kier alpha value is -1.60. The van der Waals surface area contributed by atoms with E-state index in [1.165, 1.54) is 18.3 Å². The summed E-state index contributed by atoms with van der Waals surface area (Å²) in [7, 11) is 0. The van der Waals surface area contributed by atoms with Crippen molar-refractivity contribution in [2.24, 2.45) is 0 Å². The molecule has 0 aromatic carbocycles. The van der Waals surface area contributed by atoms with Gasteiger partial charge in [-0.05, 0) is 6.07 Å². The molecule has 0 N–H and O–H groups in total. The Morgan fingerprint density at radius 3 is 3.08 bits per heavy atom. The van der Waals surface area contributed by atoms with Gasteiger partial charge < -0.3 is 4.74 Å². The molecule has 0 aliphatic heterocycles. The zero-order valence-corrected chi connectivity index (χ0v) is 6.58. The van der Waals surface area contributed by atoms with E-state index in [4.69, 9.17) is 16.9 Å². The van der Waals surface area contributed by atoms with Crippen LogP contribution in [0.3, 0.4) is 0 Å². The highest BCUT2D eigenvalue weighted by atomic mass is 35.5. The summed E-state index contributed by atoms with van der Waals surface area (Å²) < 4.78 is 4.42. The van der Waals surface area contributed by atoms with E-state index < -0.39 is 5.43 Å². The quantitative estimate of drug-likeness (QED) is 0.620. The summed E-state index contributed by atoms with van der Waals surface area (Å²) in [5, 5.41) is 8.44. The van der Waals surface area contributed by atoms with Crippen LogP contribution in [0.2, 0.25) is 0 Å². The van der Waals surface area contributed by atoms with Crippen molar-refractivity contribution >= 4 is 17.0 Å². The first-order chi connectivity index (χ1) is 5.72. The number of carbonyl (C=O) groups excluding carboxylic acids is 1. The van der Waals surface area contributed by atoms with Crippen LogP contribution in [0.15, 0.2) is 18.3 Å². The van der Waals surface area contributed by atoms with Gasteiger partial charge in [0.1, 0.15) is 0 Å². The lowest BCUT2D eigenvalue weighted by Crippen LogP contribution is -1.98. The average Bonchev–Trinajstić information content (AvgIpc) is 2.03. The molecule has 5 heteroatoms. The first kappa shape index (κ1) is 8.50. The number of nitriles is 1. The fourth-order valence-electron chi connectivity index (χ4n) is 0.617. The molecule has 12 heavy (non-hydrogen) atoms. The third-order valence-electron chi connectivity index (χ3n) is 1.05. The molecule has 0 saturated carbocycles. The summed E-state index contributed by atoms with van der Waals surface area (Å²) in [5.74, 6) is 0.0223. The van der Waals surface area contributed by atoms with Gasteiger partial charge in [0.15, 0.2) is 0 Å². The molecule has 4 nitrogen and oxygen atoms in total. The number of ether oxygens (including phenoxy) is 1. The maximum Gasteiger partial charge on any atom is 0.410 e. The van der Waals surface area contributed by atoms with Crippen LogP contribution in [-0.4, -0.2) is 10.4 Å². The van der Waals surface area contributed by atoms with Crippen LogP contribution in [-0.2, 0) is 0 Å². The number of nitrogens with zero attached hydrogens (tertiary/aromatic N) is 2. The van der Waals surface area contributed by atoms with Gasteiger partial charge in [-0.1, -0.05) is 0 Å². The topological polar surface area (TPSA) is 63.0 Å². The maximum absolute atomic E-state index is 10.2. The number of pyridine rings is 1. The van der Waals surface area contributed by atoms with Crippen molar-refractivity contribution in [2.75, 3.05) is 0 Å². The van der Waals surface area contributed by atoms with Crippen LogP contribution in [0.5, 0.6) is 5.88 Å². The van der Waals surface area contributed by atoms with Crippen molar-refractivity contribution in [3.05, 3.63) is 23.9 Å². The second-order valence-electron chi connectivity index (χ2n) is 1.83. The lowest BCUT2D eigenvalue weighted by Gasteiger charge is -1.96. The lowest BCUT2D eigenvalue weighted by atomic mass is 10.3. The molecule has 1 aromatic heterocycles. The van der Waals surface area contributed by atoms with E-state index >= 15 is 0 Å². The van der Waals surface area contributed by atoms with Gasteiger partial charge in [0.05, 0.1) is 11.6 Å². The number of rotatable bonds is 1. The molecule has 0 spiro atoms. The number of hydrogen-bond donors (Lipinski definition) is 0. The van der Waals surface area contributed by atoms with E-state index in [1.54, 1.807) is 0 Å². The predicted octanol–water partition coefficient (Wildman–Crippen LogP) is 1.69. The van der Waals surface area contributed by atoms with E-state index in [9.17, 15) is 4.79 Å². The first-order valence-corrected chi connectivity index (χ1v) is 3.33. The molecular weight excluding hydrogens is 180 g/mol. The Bertz CT molecular complexity index is 346. The molecule has 0 bridgehead atoms.